The molecule has 7 heteroatoms. The number of carbonyl (C=O) groups is 1. The molecule has 0 amide bonds. The molecule has 1 aromatic heterocycles. The number of para-hydroxylation sites is 1. The van der Waals surface area contributed by atoms with Crippen molar-refractivity contribution < 1.29 is 19.0 Å². The summed E-state index contributed by atoms with van der Waals surface area (Å²) in [4.78, 5) is 12.1. The Hall–Kier alpha value is -3.35. The summed E-state index contributed by atoms with van der Waals surface area (Å²) in [7, 11) is 1.61. The number of H-pyrrole nitrogens is 1. The van der Waals surface area contributed by atoms with Gasteiger partial charge in [0.15, 0.2) is 5.69 Å². The van der Waals surface area contributed by atoms with Gasteiger partial charge in [-0.1, -0.05) is 18.2 Å². The lowest BCUT2D eigenvalue weighted by atomic mass is 10.1. The Bertz CT molecular complexity index is 961. The molecule has 0 bridgehead atoms. The van der Waals surface area contributed by atoms with Crippen LogP contribution in [0.5, 0.6) is 11.5 Å². The maximum Gasteiger partial charge on any atom is 0.361 e. The molecule has 0 aliphatic rings. The molecule has 7 nitrogen and oxygen atoms in total. The summed E-state index contributed by atoms with van der Waals surface area (Å²) in [6.45, 7) is 6.35. The molecule has 0 aliphatic heterocycles. The van der Waals surface area contributed by atoms with E-state index in [-0.39, 0.29) is 12.3 Å². The normalized spacial score (nSPS) is 10.6. The number of carbonyl (C=O) groups excluding carboxylic acids is 1. The van der Waals surface area contributed by atoms with E-state index >= 15 is 0 Å². The van der Waals surface area contributed by atoms with Gasteiger partial charge >= 0.3 is 5.97 Å². The summed E-state index contributed by atoms with van der Waals surface area (Å²) in [5, 5.41) is 10.5. The predicted molar refractivity (Wildman–Crippen MR) is 105 cm³/mol. The highest BCUT2D eigenvalue weighted by molar-refractivity contribution is 5.94. The van der Waals surface area contributed by atoms with Crippen LogP contribution in [0.2, 0.25) is 0 Å². The van der Waals surface area contributed by atoms with Crippen molar-refractivity contribution in [2.24, 2.45) is 0 Å². The van der Waals surface area contributed by atoms with Gasteiger partial charge in [0.2, 0.25) is 0 Å². The number of hydrogen-bond donors (Lipinski definition) is 1. The summed E-state index contributed by atoms with van der Waals surface area (Å²) in [5.41, 5.74) is 4.26. The van der Waals surface area contributed by atoms with Gasteiger partial charge in [-0.2, -0.15) is 10.3 Å². The van der Waals surface area contributed by atoms with Crippen molar-refractivity contribution in [1.82, 2.24) is 15.4 Å². The molecule has 0 fully saturated rings. The van der Waals surface area contributed by atoms with Gasteiger partial charge in [0.1, 0.15) is 23.8 Å². The highest BCUT2D eigenvalue weighted by atomic mass is 16.5. The molecule has 0 aliphatic carbocycles. The zero-order chi connectivity index (χ0) is 20.1. The fourth-order valence-electron chi connectivity index (χ4n) is 2.99. The lowest BCUT2D eigenvalue weighted by molar-refractivity contribution is 0.0520. The van der Waals surface area contributed by atoms with Crippen LogP contribution in [0.1, 0.15) is 34.1 Å². The number of nitrogens with zero attached hydrogens (tertiary/aromatic N) is 2. The summed E-state index contributed by atoms with van der Waals surface area (Å²) in [6, 6.07) is 11.5. The highest BCUT2D eigenvalue weighted by Gasteiger charge is 2.20. The summed E-state index contributed by atoms with van der Waals surface area (Å²) in [5.74, 6) is 1.02. The first-order valence-electron chi connectivity index (χ1n) is 8.99. The van der Waals surface area contributed by atoms with Gasteiger partial charge in [-0.15, -0.1) is 5.10 Å². The van der Waals surface area contributed by atoms with E-state index in [2.05, 4.69) is 15.4 Å². The number of hydrogen-bond acceptors (Lipinski definition) is 6. The first-order chi connectivity index (χ1) is 13.5. The van der Waals surface area contributed by atoms with Crippen molar-refractivity contribution in [3.63, 3.8) is 0 Å². The van der Waals surface area contributed by atoms with Crippen LogP contribution in [0.3, 0.4) is 0 Å². The third kappa shape index (κ3) is 3.98. The molecule has 0 spiro atoms. The fraction of sp³-hybridized carbons (Fsp3) is 0.286. The van der Waals surface area contributed by atoms with Crippen LogP contribution in [0.4, 0.5) is 0 Å². The Labute approximate surface area is 163 Å². The minimum absolute atomic E-state index is 0.147. The highest BCUT2D eigenvalue weighted by Crippen LogP contribution is 2.30. The van der Waals surface area contributed by atoms with Crippen LogP contribution in [0.15, 0.2) is 36.4 Å². The number of ether oxygens (including phenoxy) is 3. The van der Waals surface area contributed by atoms with Crippen LogP contribution in [-0.2, 0) is 11.3 Å². The second kappa shape index (κ2) is 8.56. The number of nitrogens with one attached hydrogen (secondary N) is 1. The van der Waals surface area contributed by atoms with Crippen molar-refractivity contribution in [3.8, 4) is 22.8 Å². The standard InChI is InChI=1S/C21H23N3O4/c1-5-27-21(25)19-18(22-24-23-19)15-9-10-17(26-4)16(11-15)12-28-20-13(2)7-6-8-14(20)3/h6-11H,5,12H2,1-4H3,(H,22,23,24). The largest absolute Gasteiger partial charge is 0.496 e. The number of rotatable bonds is 7. The third-order valence-electron chi connectivity index (χ3n) is 4.35. The zero-order valence-corrected chi connectivity index (χ0v) is 16.4. The molecule has 0 atom stereocenters. The van der Waals surface area contributed by atoms with Crippen LogP contribution in [-0.4, -0.2) is 35.1 Å². The van der Waals surface area contributed by atoms with Crippen molar-refractivity contribution >= 4 is 5.97 Å². The SMILES string of the molecule is CCOC(=O)c1n[nH]nc1-c1ccc(OC)c(COc2c(C)cccc2C)c1. The van der Waals surface area contributed by atoms with E-state index < -0.39 is 5.97 Å². The molecule has 0 radical (unpaired) electrons. The molecular weight excluding hydrogens is 358 g/mol. The van der Waals surface area contributed by atoms with Crippen LogP contribution >= 0.6 is 0 Å². The van der Waals surface area contributed by atoms with Crippen molar-refractivity contribution in [3.05, 3.63) is 58.8 Å². The lowest BCUT2D eigenvalue weighted by Crippen LogP contribution is -2.07. The molecular formula is C21H23N3O4. The Morgan fingerprint density at radius 2 is 1.86 bits per heavy atom. The minimum Gasteiger partial charge on any atom is -0.496 e. The Kier molecular flexibility index (Phi) is 5.93. The third-order valence-corrected chi connectivity index (χ3v) is 4.35. The maximum absolute atomic E-state index is 12.1. The van der Waals surface area contributed by atoms with E-state index in [1.165, 1.54) is 0 Å². The van der Waals surface area contributed by atoms with Crippen molar-refractivity contribution in [2.75, 3.05) is 13.7 Å². The molecule has 3 rings (SSSR count). The molecule has 0 saturated carbocycles. The number of aromatic amines is 1. The number of methoxy groups -OCH3 is 1. The molecule has 0 saturated heterocycles. The molecule has 1 N–H and O–H groups in total. The Morgan fingerprint density at radius 1 is 1.11 bits per heavy atom. The van der Waals surface area contributed by atoms with Crippen LogP contribution in [0.25, 0.3) is 11.3 Å². The molecule has 2 aromatic carbocycles. The average Bonchev–Trinajstić information content (AvgIpc) is 3.17. The van der Waals surface area contributed by atoms with Gasteiger partial charge in [0, 0.05) is 11.1 Å². The number of esters is 1. The molecule has 28 heavy (non-hydrogen) atoms. The van der Waals surface area contributed by atoms with Crippen molar-refractivity contribution in [1.29, 1.82) is 0 Å². The zero-order valence-electron chi connectivity index (χ0n) is 16.4. The van der Waals surface area contributed by atoms with E-state index in [1.807, 2.05) is 50.2 Å². The second-order valence-corrected chi connectivity index (χ2v) is 6.28. The fourth-order valence-corrected chi connectivity index (χ4v) is 2.99. The van der Waals surface area contributed by atoms with E-state index in [9.17, 15) is 4.79 Å². The number of aromatic nitrogens is 3. The predicted octanol–water partition coefficient (Wildman–Crippen LogP) is 3.85. The van der Waals surface area contributed by atoms with Crippen LogP contribution in [0, 0.1) is 13.8 Å². The van der Waals surface area contributed by atoms with Gasteiger partial charge in [-0.25, -0.2) is 4.79 Å². The first-order valence-corrected chi connectivity index (χ1v) is 8.99. The van der Waals surface area contributed by atoms with E-state index in [1.54, 1.807) is 14.0 Å². The molecule has 0 unspecified atom stereocenters. The lowest BCUT2D eigenvalue weighted by Gasteiger charge is -2.14. The minimum atomic E-state index is -0.518. The number of aryl methyl sites for hydroxylation is 2. The van der Waals surface area contributed by atoms with E-state index in [0.29, 0.717) is 18.1 Å². The van der Waals surface area contributed by atoms with Gasteiger partial charge in [0.25, 0.3) is 0 Å². The smallest absolute Gasteiger partial charge is 0.361 e. The van der Waals surface area contributed by atoms with Gasteiger partial charge in [0.05, 0.1) is 13.7 Å². The Morgan fingerprint density at radius 3 is 2.54 bits per heavy atom. The monoisotopic (exact) mass is 381 g/mol. The quantitative estimate of drug-likeness (QED) is 0.626. The number of benzene rings is 2. The van der Waals surface area contributed by atoms with Crippen molar-refractivity contribution in [2.45, 2.75) is 27.4 Å². The summed E-state index contributed by atoms with van der Waals surface area (Å²) >= 11 is 0. The van der Waals surface area contributed by atoms with Gasteiger partial charge in [-0.3, -0.25) is 0 Å². The molecule has 146 valence electrons. The Balaban J connectivity index is 1.91. The second-order valence-electron chi connectivity index (χ2n) is 6.28. The molecule has 3 aromatic rings. The topological polar surface area (TPSA) is 86.3 Å². The van der Waals surface area contributed by atoms with E-state index in [0.717, 1.165) is 28.0 Å². The maximum atomic E-state index is 12.1. The average molecular weight is 381 g/mol. The summed E-state index contributed by atoms with van der Waals surface area (Å²) in [6.07, 6.45) is 0. The van der Waals surface area contributed by atoms with E-state index in [4.69, 9.17) is 14.2 Å². The molecule has 1 heterocycles. The summed E-state index contributed by atoms with van der Waals surface area (Å²) < 4.78 is 16.6. The van der Waals surface area contributed by atoms with Gasteiger partial charge in [-0.05, 0) is 50.1 Å². The van der Waals surface area contributed by atoms with Gasteiger partial charge < -0.3 is 14.2 Å². The van der Waals surface area contributed by atoms with Crippen LogP contribution < -0.4 is 9.47 Å². The first kappa shape index (κ1) is 19.4.